The van der Waals surface area contributed by atoms with Crippen LogP contribution in [0.2, 0.25) is 0 Å². The number of aryl methyl sites for hydroxylation is 2. The molecule has 1 heterocycles. The van der Waals surface area contributed by atoms with E-state index in [0.717, 1.165) is 24.2 Å². The van der Waals surface area contributed by atoms with Gasteiger partial charge in [0.05, 0.1) is 5.69 Å². The number of aromatic nitrogens is 2. The molecule has 0 radical (unpaired) electrons. The predicted molar refractivity (Wildman–Crippen MR) is 56.4 cm³/mol. The minimum atomic E-state index is -0.134. The van der Waals surface area contributed by atoms with Gasteiger partial charge in [-0.1, -0.05) is 13.8 Å². The van der Waals surface area contributed by atoms with Crippen LogP contribution in [0.1, 0.15) is 45.1 Å². The van der Waals surface area contributed by atoms with Crippen LogP contribution in [0.25, 0.3) is 0 Å². The zero-order chi connectivity index (χ0) is 10.7. The molecule has 1 atom stereocenters. The number of ketones is 1. The highest BCUT2D eigenvalue weighted by Gasteiger charge is 2.14. The summed E-state index contributed by atoms with van der Waals surface area (Å²) in [6, 6.07) is 1.95. The van der Waals surface area contributed by atoms with Crippen LogP contribution in [0.15, 0.2) is 6.07 Å². The molecule has 0 aromatic carbocycles. The number of hydrogen-bond acceptors (Lipinski definition) is 2. The molecule has 0 saturated carbocycles. The highest BCUT2D eigenvalue weighted by molar-refractivity contribution is 5.79. The molecule has 0 saturated heterocycles. The van der Waals surface area contributed by atoms with Crippen molar-refractivity contribution in [1.82, 2.24) is 9.78 Å². The van der Waals surface area contributed by atoms with E-state index in [1.165, 1.54) is 0 Å². The lowest BCUT2D eigenvalue weighted by molar-refractivity contribution is -0.119. The van der Waals surface area contributed by atoms with Gasteiger partial charge in [0, 0.05) is 5.69 Å². The Kier molecular flexibility index (Phi) is 3.44. The van der Waals surface area contributed by atoms with E-state index in [-0.39, 0.29) is 11.8 Å². The molecule has 0 bridgehead atoms. The van der Waals surface area contributed by atoms with E-state index >= 15 is 0 Å². The van der Waals surface area contributed by atoms with Gasteiger partial charge in [-0.2, -0.15) is 5.10 Å². The number of rotatable bonds is 4. The second kappa shape index (κ2) is 4.40. The first-order valence-corrected chi connectivity index (χ1v) is 5.17. The Morgan fingerprint density at radius 2 is 2.14 bits per heavy atom. The van der Waals surface area contributed by atoms with E-state index in [1.54, 1.807) is 6.92 Å². The van der Waals surface area contributed by atoms with E-state index in [0.29, 0.717) is 0 Å². The number of nitrogens with zero attached hydrogens (tertiary/aromatic N) is 2. The van der Waals surface area contributed by atoms with Crippen LogP contribution in [0.4, 0.5) is 0 Å². The monoisotopic (exact) mass is 194 g/mol. The fourth-order valence-corrected chi connectivity index (χ4v) is 1.43. The average Bonchev–Trinajstić information content (AvgIpc) is 2.59. The highest BCUT2D eigenvalue weighted by Crippen LogP contribution is 2.13. The molecule has 0 spiro atoms. The number of carbonyl (C=O) groups is 1. The molecule has 3 nitrogen and oxygen atoms in total. The van der Waals surface area contributed by atoms with Crippen molar-refractivity contribution in [2.75, 3.05) is 0 Å². The largest absolute Gasteiger partial charge is 0.298 e. The summed E-state index contributed by atoms with van der Waals surface area (Å²) in [5, 5.41) is 4.42. The maximum atomic E-state index is 11.2. The average molecular weight is 194 g/mol. The fourth-order valence-electron chi connectivity index (χ4n) is 1.43. The highest BCUT2D eigenvalue weighted by atomic mass is 16.1. The van der Waals surface area contributed by atoms with Gasteiger partial charge in [-0.15, -0.1) is 0 Å². The molecule has 78 valence electrons. The Balaban J connectivity index is 3.05. The van der Waals surface area contributed by atoms with Crippen molar-refractivity contribution in [3.05, 3.63) is 17.5 Å². The molecule has 0 N–H and O–H groups in total. The lowest BCUT2D eigenvalue weighted by Crippen LogP contribution is -2.17. The molecule has 3 heteroatoms. The van der Waals surface area contributed by atoms with E-state index in [1.807, 2.05) is 11.6 Å². The van der Waals surface area contributed by atoms with Crippen LogP contribution >= 0.6 is 0 Å². The maximum Gasteiger partial charge on any atom is 0.154 e. The summed E-state index contributed by atoms with van der Waals surface area (Å²) >= 11 is 0. The Morgan fingerprint density at radius 3 is 2.57 bits per heavy atom. The lowest BCUT2D eigenvalue weighted by Gasteiger charge is -2.11. The van der Waals surface area contributed by atoms with Gasteiger partial charge in [-0.3, -0.25) is 9.48 Å². The topological polar surface area (TPSA) is 34.9 Å². The molecule has 1 unspecified atom stereocenters. The summed E-state index contributed by atoms with van der Waals surface area (Å²) in [5.74, 6) is 0.158. The van der Waals surface area contributed by atoms with Crippen molar-refractivity contribution in [3.8, 4) is 0 Å². The molecule has 0 fully saturated rings. The molecule has 0 aliphatic heterocycles. The van der Waals surface area contributed by atoms with Gasteiger partial charge >= 0.3 is 0 Å². The summed E-state index contributed by atoms with van der Waals surface area (Å²) < 4.78 is 1.85. The molecular weight excluding hydrogens is 176 g/mol. The third-order valence-electron chi connectivity index (χ3n) is 2.54. The van der Waals surface area contributed by atoms with Gasteiger partial charge in [0.25, 0.3) is 0 Å². The van der Waals surface area contributed by atoms with Crippen LogP contribution in [0.3, 0.4) is 0 Å². The first-order chi connectivity index (χ1) is 6.60. The Labute approximate surface area is 85.1 Å². The van der Waals surface area contributed by atoms with Crippen LogP contribution < -0.4 is 0 Å². The van der Waals surface area contributed by atoms with Crippen molar-refractivity contribution in [2.45, 2.75) is 46.6 Å². The molecule has 0 aliphatic carbocycles. The van der Waals surface area contributed by atoms with Crippen LogP contribution in [-0.4, -0.2) is 15.6 Å². The number of hydrogen-bond donors (Lipinski definition) is 0. The molecule has 0 aliphatic rings. The summed E-state index contributed by atoms with van der Waals surface area (Å²) in [6.07, 6.45) is 1.84. The lowest BCUT2D eigenvalue weighted by atomic mass is 10.2. The molecular formula is C11H18N2O. The minimum Gasteiger partial charge on any atom is -0.298 e. The second-order valence-electron chi connectivity index (χ2n) is 3.57. The SMILES string of the molecule is CCc1cc(CC)n(C(C)C(C)=O)n1. The van der Waals surface area contributed by atoms with Gasteiger partial charge in [0.1, 0.15) is 6.04 Å². The zero-order valence-electron chi connectivity index (χ0n) is 9.37. The van der Waals surface area contributed by atoms with Crippen molar-refractivity contribution in [1.29, 1.82) is 0 Å². The summed E-state index contributed by atoms with van der Waals surface area (Å²) in [6.45, 7) is 7.66. The fraction of sp³-hybridized carbons (Fsp3) is 0.636. The summed E-state index contributed by atoms with van der Waals surface area (Å²) in [7, 11) is 0. The first-order valence-electron chi connectivity index (χ1n) is 5.17. The van der Waals surface area contributed by atoms with Gasteiger partial charge in [0.15, 0.2) is 5.78 Å². The van der Waals surface area contributed by atoms with Crippen LogP contribution in [0, 0.1) is 0 Å². The smallest absolute Gasteiger partial charge is 0.154 e. The van der Waals surface area contributed by atoms with Gasteiger partial charge in [-0.25, -0.2) is 0 Å². The number of carbonyl (C=O) groups excluding carboxylic acids is 1. The Morgan fingerprint density at radius 1 is 1.50 bits per heavy atom. The maximum absolute atomic E-state index is 11.2. The third kappa shape index (κ3) is 2.03. The van der Waals surface area contributed by atoms with Crippen molar-refractivity contribution in [2.24, 2.45) is 0 Å². The Hall–Kier alpha value is -1.12. The Bertz CT molecular complexity index is 328. The quantitative estimate of drug-likeness (QED) is 0.736. The third-order valence-corrected chi connectivity index (χ3v) is 2.54. The minimum absolute atomic E-state index is 0.134. The predicted octanol–water partition coefficient (Wildman–Crippen LogP) is 2.16. The molecule has 1 aromatic heterocycles. The zero-order valence-corrected chi connectivity index (χ0v) is 9.37. The first kappa shape index (κ1) is 11.0. The van der Waals surface area contributed by atoms with Gasteiger partial charge < -0.3 is 0 Å². The standard InChI is InChI=1S/C11H18N2O/c1-5-10-7-11(6-2)13(12-10)8(3)9(4)14/h7-8H,5-6H2,1-4H3. The second-order valence-corrected chi connectivity index (χ2v) is 3.57. The van der Waals surface area contributed by atoms with Crippen LogP contribution in [-0.2, 0) is 17.6 Å². The normalized spacial score (nSPS) is 12.9. The molecule has 1 rings (SSSR count). The van der Waals surface area contributed by atoms with E-state index in [4.69, 9.17) is 0 Å². The van der Waals surface area contributed by atoms with E-state index in [2.05, 4.69) is 25.0 Å². The van der Waals surface area contributed by atoms with Crippen molar-refractivity contribution in [3.63, 3.8) is 0 Å². The van der Waals surface area contributed by atoms with Gasteiger partial charge in [0.2, 0.25) is 0 Å². The van der Waals surface area contributed by atoms with Crippen molar-refractivity contribution >= 4 is 5.78 Å². The number of Topliss-reactive ketones (excluding diaryl/α,β-unsaturated/α-hetero) is 1. The van der Waals surface area contributed by atoms with E-state index < -0.39 is 0 Å². The molecule has 0 amide bonds. The molecule has 14 heavy (non-hydrogen) atoms. The summed E-state index contributed by atoms with van der Waals surface area (Å²) in [5.41, 5.74) is 2.21. The van der Waals surface area contributed by atoms with Crippen LogP contribution in [0.5, 0.6) is 0 Å². The van der Waals surface area contributed by atoms with Gasteiger partial charge in [-0.05, 0) is 32.8 Å². The summed E-state index contributed by atoms with van der Waals surface area (Å²) in [4.78, 5) is 11.2. The van der Waals surface area contributed by atoms with Crippen molar-refractivity contribution < 1.29 is 4.79 Å². The molecule has 1 aromatic rings. The van der Waals surface area contributed by atoms with E-state index in [9.17, 15) is 4.79 Å².